The van der Waals surface area contributed by atoms with Crippen LogP contribution in [0.5, 0.6) is 0 Å². The Kier molecular flexibility index (Phi) is 5.97. The summed E-state index contributed by atoms with van der Waals surface area (Å²) in [6.07, 6.45) is 2.03. The Balaban J connectivity index is 1.44. The number of fused-ring (bicyclic) bond motifs is 1. The summed E-state index contributed by atoms with van der Waals surface area (Å²) in [6, 6.07) is 23.0. The summed E-state index contributed by atoms with van der Waals surface area (Å²) >= 11 is 1.56. The standard InChI is InChI=1S/C25H23N3O3S2/c29-24(22-15-8-9-17-28(22)33(30,31)18-10-2-1-3-11-18)26-20-13-5-4-12-19(20)25-27-21-14-6-7-16-23(21)32-25/h1-7,10-14,16,22H,8-9,15,17H2,(H,26,29). The fourth-order valence-corrected chi connectivity index (χ4v) is 6.85. The highest BCUT2D eigenvalue weighted by Gasteiger charge is 2.37. The van der Waals surface area contributed by atoms with E-state index < -0.39 is 16.1 Å². The number of nitrogens with zero attached hydrogens (tertiary/aromatic N) is 2. The number of piperidine rings is 1. The molecule has 1 fully saturated rings. The highest BCUT2D eigenvalue weighted by molar-refractivity contribution is 7.89. The van der Waals surface area contributed by atoms with Crippen molar-refractivity contribution in [2.45, 2.75) is 30.2 Å². The molecule has 0 aliphatic carbocycles. The number of benzene rings is 3. The molecule has 1 atom stereocenters. The minimum absolute atomic E-state index is 0.208. The van der Waals surface area contributed by atoms with Crippen LogP contribution in [0.4, 0.5) is 5.69 Å². The van der Waals surface area contributed by atoms with Gasteiger partial charge >= 0.3 is 0 Å². The Morgan fingerprint density at radius 3 is 2.48 bits per heavy atom. The summed E-state index contributed by atoms with van der Waals surface area (Å²) in [6.45, 7) is 0.328. The van der Waals surface area contributed by atoms with Crippen molar-refractivity contribution in [2.75, 3.05) is 11.9 Å². The van der Waals surface area contributed by atoms with Crippen LogP contribution in [0.25, 0.3) is 20.8 Å². The molecule has 6 nitrogen and oxygen atoms in total. The first-order valence-corrected chi connectivity index (χ1v) is 13.1. The van der Waals surface area contributed by atoms with Gasteiger partial charge in [0, 0.05) is 12.1 Å². The smallest absolute Gasteiger partial charge is 0.243 e. The van der Waals surface area contributed by atoms with Crippen LogP contribution in [0.1, 0.15) is 19.3 Å². The van der Waals surface area contributed by atoms with E-state index in [1.54, 1.807) is 41.7 Å². The zero-order valence-electron chi connectivity index (χ0n) is 17.8. The zero-order valence-corrected chi connectivity index (χ0v) is 19.5. The third-order valence-electron chi connectivity index (χ3n) is 5.82. The number of para-hydroxylation sites is 2. The van der Waals surface area contributed by atoms with Crippen LogP contribution in [-0.2, 0) is 14.8 Å². The summed E-state index contributed by atoms with van der Waals surface area (Å²) in [7, 11) is -3.77. The van der Waals surface area contributed by atoms with E-state index in [1.165, 1.54) is 4.31 Å². The first kappa shape index (κ1) is 21.8. The summed E-state index contributed by atoms with van der Waals surface area (Å²) in [5.74, 6) is -0.317. The van der Waals surface area contributed by atoms with Crippen molar-refractivity contribution < 1.29 is 13.2 Å². The molecule has 33 heavy (non-hydrogen) atoms. The number of hydrogen-bond donors (Lipinski definition) is 1. The Morgan fingerprint density at radius 1 is 0.939 bits per heavy atom. The number of carbonyl (C=O) groups is 1. The number of aromatic nitrogens is 1. The minimum atomic E-state index is -3.77. The average Bonchev–Trinajstić information content (AvgIpc) is 3.29. The lowest BCUT2D eigenvalue weighted by atomic mass is 10.0. The quantitative estimate of drug-likeness (QED) is 0.431. The molecule has 1 aromatic heterocycles. The largest absolute Gasteiger partial charge is 0.324 e. The second-order valence-corrected chi connectivity index (χ2v) is 10.9. The molecule has 3 aromatic carbocycles. The number of sulfonamides is 1. The topological polar surface area (TPSA) is 79.4 Å². The minimum Gasteiger partial charge on any atom is -0.324 e. The predicted octanol–water partition coefficient (Wildman–Crippen LogP) is 5.15. The monoisotopic (exact) mass is 477 g/mol. The molecule has 1 aliphatic heterocycles. The Labute approximate surface area is 197 Å². The van der Waals surface area contributed by atoms with E-state index in [9.17, 15) is 13.2 Å². The SMILES string of the molecule is O=C(Nc1ccccc1-c1nc2ccccc2s1)C1CCCCN1S(=O)(=O)c1ccccc1. The van der Waals surface area contributed by atoms with E-state index in [0.717, 1.165) is 33.6 Å². The van der Waals surface area contributed by atoms with Gasteiger partial charge in [-0.3, -0.25) is 4.79 Å². The van der Waals surface area contributed by atoms with Gasteiger partial charge in [0.2, 0.25) is 15.9 Å². The third kappa shape index (κ3) is 4.29. The fraction of sp³-hybridized carbons (Fsp3) is 0.200. The van der Waals surface area contributed by atoms with Gasteiger partial charge < -0.3 is 5.32 Å². The van der Waals surface area contributed by atoms with E-state index in [0.29, 0.717) is 18.7 Å². The maximum Gasteiger partial charge on any atom is 0.243 e. The number of rotatable bonds is 5. The fourth-order valence-electron chi connectivity index (χ4n) is 4.16. The van der Waals surface area contributed by atoms with Gasteiger partial charge in [-0.15, -0.1) is 11.3 Å². The van der Waals surface area contributed by atoms with Crippen LogP contribution in [0.15, 0.2) is 83.8 Å². The maximum absolute atomic E-state index is 13.4. The molecule has 0 bridgehead atoms. The maximum atomic E-state index is 13.4. The van der Waals surface area contributed by atoms with Crippen molar-refractivity contribution in [3.63, 3.8) is 0 Å². The molecule has 5 rings (SSSR count). The molecule has 0 radical (unpaired) electrons. The van der Waals surface area contributed by atoms with Gasteiger partial charge in [0.25, 0.3) is 0 Å². The normalized spacial score (nSPS) is 17.2. The average molecular weight is 478 g/mol. The predicted molar refractivity (Wildman–Crippen MR) is 132 cm³/mol. The first-order chi connectivity index (χ1) is 16.0. The number of hydrogen-bond acceptors (Lipinski definition) is 5. The lowest BCUT2D eigenvalue weighted by molar-refractivity contribution is -0.120. The van der Waals surface area contributed by atoms with Gasteiger partial charge in [0.15, 0.2) is 0 Å². The Hall–Kier alpha value is -3.07. The van der Waals surface area contributed by atoms with Crippen molar-refractivity contribution in [1.29, 1.82) is 0 Å². The van der Waals surface area contributed by atoms with Crippen molar-refractivity contribution in [1.82, 2.24) is 9.29 Å². The molecular weight excluding hydrogens is 454 g/mol. The summed E-state index contributed by atoms with van der Waals surface area (Å²) < 4.78 is 29.0. The van der Waals surface area contributed by atoms with Gasteiger partial charge in [-0.05, 0) is 49.2 Å². The molecule has 1 aliphatic rings. The number of amides is 1. The molecule has 8 heteroatoms. The van der Waals surface area contributed by atoms with Crippen LogP contribution < -0.4 is 5.32 Å². The second kappa shape index (κ2) is 9.05. The lowest BCUT2D eigenvalue weighted by Gasteiger charge is -2.33. The molecule has 4 aromatic rings. The van der Waals surface area contributed by atoms with E-state index in [2.05, 4.69) is 5.32 Å². The van der Waals surface area contributed by atoms with Gasteiger partial charge in [-0.25, -0.2) is 13.4 Å². The summed E-state index contributed by atoms with van der Waals surface area (Å²) in [5.41, 5.74) is 2.36. The van der Waals surface area contributed by atoms with Crippen molar-refractivity contribution >= 4 is 43.2 Å². The number of nitrogens with one attached hydrogen (secondary N) is 1. The lowest BCUT2D eigenvalue weighted by Crippen LogP contribution is -2.49. The van der Waals surface area contributed by atoms with Crippen molar-refractivity contribution in [2.24, 2.45) is 0 Å². The zero-order chi connectivity index (χ0) is 22.8. The van der Waals surface area contributed by atoms with E-state index >= 15 is 0 Å². The van der Waals surface area contributed by atoms with Crippen LogP contribution in [-0.4, -0.2) is 36.2 Å². The van der Waals surface area contributed by atoms with Crippen molar-refractivity contribution in [3.8, 4) is 10.6 Å². The molecule has 1 unspecified atom stereocenters. The van der Waals surface area contributed by atoms with Gasteiger partial charge in [-0.1, -0.05) is 48.9 Å². The number of carbonyl (C=O) groups excluding carboxylic acids is 1. The van der Waals surface area contributed by atoms with Crippen LogP contribution in [0.2, 0.25) is 0 Å². The summed E-state index contributed by atoms with van der Waals surface area (Å²) in [5, 5.41) is 3.81. The molecule has 1 N–H and O–H groups in total. The van der Waals surface area contributed by atoms with Crippen molar-refractivity contribution in [3.05, 3.63) is 78.9 Å². The van der Waals surface area contributed by atoms with Gasteiger partial charge in [-0.2, -0.15) is 4.31 Å². The Morgan fingerprint density at radius 2 is 1.67 bits per heavy atom. The molecule has 1 amide bonds. The molecule has 1 saturated heterocycles. The Bertz CT molecular complexity index is 1370. The van der Waals surface area contributed by atoms with Gasteiger partial charge in [0.1, 0.15) is 11.0 Å². The molecular formula is C25H23N3O3S2. The van der Waals surface area contributed by atoms with E-state index in [-0.39, 0.29) is 10.8 Å². The third-order valence-corrected chi connectivity index (χ3v) is 8.81. The molecule has 0 spiro atoms. The molecule has 0 saturated carbocycles. The molecule has 2 heterocycles. The highest BCUT2D eigenvalue weighted by Crippen LogP contribution is 2.35. The van der Waals surface area contributed by atoms with Crippen LogP contribution in [0, 0.1) is 0 Å². The first-order valence-electron chi connectivity index (χ1n) is 10.9. The number of anilines is 1. The van der Waals surface area contributed by atoms with E-state index in [4.69, 9.17) is 4.98 Å². The van der Waals surface area contributed by atoms with Crippen LogP contribution >= 0.6 is 11.3 Å². The number of thiazole rings is 1. The highest BCUT2D eigenvalue weighted by atomic mass is 32.2. The van der Waals surface area contributed by atoms with Gasteiger partial charge in [0.05, 0.1) is 20.8 Å². The summed E-state index contributed by atoms with van der Waals surface area (Å²) in [4.78, 5) is 18.3. The van der Waals surface area contributed by atoms with Crippen LogP contribution in [0.3, 0.4) is 0 Å². The molecule has 168 valence electrons. The van der Waals surface area contributed by atoms with E-state index in [1.807, 2.05) is 48.5 Å². The second-order valence-electron chi connectivity index (χ2n) is 7.96.